The second kappa shape index (κ2) is 7.53. The molecule has 1 aromatic carbocycles. The van der Waals surface area contributed by atoms with Crippen molar-refractivity contribution < 1.29 is 13.2 Å². The quantitative estimate of drug-likeness (QED) is 0.704. The number of carbonyl (C=O) groups excluding carboxylic acids is 1. The highest BCUT2D eigenvalue weighted by Gasteiger charge is 2.18. The molecule has 0 bridgehead atoms. The van der Waals surface area contributed by atoms with E-state index in [0.717, 1.165) is 12.0 Å². The number of aryl methyl sites for hydroxylation is 1. The average molecular weight is 313 g/mol. The predicted molar refractivity (Wildman–Crippen MR) is 83.5 cm³/mol. The first-order valence-corrected chi connectivity index (χ1v) is 8.39. The van der Waals surface area contributed by atoms with E-state index < -0.39 is 10.0 Å². The van der Waals surface area contributed by atoms with Gasteiger partial charge in [-0.3, -0.25) is 4.79 Å². The van der Waals surface area contributed by atoms with E-state index in [2.05, 4.69) is 10.0 Å². The molecule has 1 aromatic rings. The molecule has 0 spiro atoms. The van der Waals surface area contributed by atoms with Crippen molar-refractivity contribution in [3.63, 3.8) is 0 Å². The molecule has 0 aromatic heterocycles. The fourth-order valence-corrected chi connectivity index (χ4v) is 2.72. The molecule has 4 N–H and O–H groups in total. The minimum absolute atomic E-state index is 0.116. The molecule has 0 saturated carbocycles. The molecule has 0 aliphatic rings. The maximum Gasteiger partial charge on any atom is 0.240 e. The highest BCUT2D eigenvalue weighted by Crippen LogP contribution is 2.21. The van der Waals surface area contributed by atoms with Crippen LogP contribution in [0.4, 0.5) is 5.69 Å². The van der Waals surface area contributed by atoms with Crippen LogP contribution < -0.4 is 15.8 Å². The Bertz CT molecular complexity index is 599. The van der Waals surface area contributed by atoms with Gasteiger partial charge in [0, 0.05) is 12.2 Å². The number of nitrogens with one attached hydrogen (secondary N) is 2. The number of anilines is 1. The van der Waals surface area contributed by atoms with Gasteiger partial charge in [-0.2, -0.15) is 0 Å². The first-order chi connectivity index (χ1) is 9.85. The molecule has 0 heterocycles. The first-order valence-electron chi connectivity index (χ1n) is 6.90. The Morgan fingerprint density at radius 2 is 2.05 bits per heavy atom. The van der Waals surface area contributed by atoms with E-state index in [0.29, 0.717) is 12.1 Å². The van der Waals surface area contributed by atoms with Crippen LogP contribution >= 0.6 is 0 Å². The van der Waals surface area contributed by atoms with Crippen LogP contribution in [0.1, 0.15) is 25.3 Å². The van der Waals surface area contributed by atoms with Gasteiger partial charge in [0.2, 0.25) is 15.9 Å². The van der Waals surface area contributed by atoms with Gasteiger partial charge >= 0.3 is 0 Å². The zero-order valence-corrected chi connectivity index (χ0v) is 13.5. The summed E-state index contributed by atoms with van der Waals surface area (Å²) in [6.07, 6.45) is 1.57. The summed E-state index contributed by atoms with van der Waals surface area (Å²) in [6, 6.07) is 4.62. The molecule has 1 rings (SSSR count). The normalized spacial score (nSPS) is 13.0. The summed E-state index contributed by atoms with van der Waals surface area (Å²) in [6.45, 7) is 4.07. The Hall–Kier alpha value is -1.44. The standard InChI is InChI=1S/C14H23N3O3S/c1-4-5-11(9-15)14(18)17-13-8-12(7-6-10(13)2)21(19,20)16-3/h6-8,11,16H,4-5,9,15H2,1-3H3,(H,17,18). The van der Waals surface area contributed by atoms with Crippen molar-refractivity contribution in [1.82, 2.24) is 4.72 Å². The summed E-state index contributed by atoms with van der Waals surface area (Å²) in [5.41, 5.74) is 6.89. The van der Waals surface area contributed by atoms with E-state index in [-0.39, 0.29) is 23.3 Å². The van der Waals surface area contributed by atoms with Gasteiger partial charge in [0.1, 0.15) is 0 Å². The smallest absolute Gasteiger partial charge is 0.240 e. The maximum atomic E-state index is 12.2. The van der Waals surface area contributed by atoms with Crippen LogP contribution in [0.5, 0.6) is 0 Å². The molecule has 0 saturated heterocycles. The number of carbonyl (C=O) groups is 1. The topological polar surface area (TPSA) is 101 Å². The highest BCUT2D eigenvalue weighted by molar-refractivity contribution is 7.89. The molecule has 0 radical (unpaired) electrons. The van der Waals surface area contributed by atoms with Gasteiger partial charge in [0.15, 0.2) is 0 Å². The van der Waals surface area contributed by atoms with Gasteiger partial charge in [-0.25, -0.2) is 13.1 Å². The number of hydrogen-bond acceptors (Lipinski definition) is 4. The molecule has 6 nitrogen and oxygen atoms in total. The van der Waals surface area contributed by atoms with Crippen LogP contribution in [-0.4, -0.2) is 27.9 Å². The molecule has 21 heavy (non-hydrogen) atoms. The van der Waals surface area contributed by atoms with Crippen LogP contribution in [0.15, 0.2) is 23.1 Å². The number of nitrogens with two attached hydrogens (primary N) is 1. The van der Waals surface area contributed by atoms with Gasteiger partial charge in [0.05, 0.1) is 10.8 Å². The van der Waals surface area contributed by atoms with Crippen LogP contribution in [0.2, 0.25) is 0 Å². The van der Waals surface area contributed by atoms with Crippen molar-refractivity contribution in [3.8, 4) is 0 Å². The van der Waals surface area contributed by atoms with Crippen molar-refractivity contribution in [2.45, 2.75) is 31.6 Å². The van der Waals surface area contributed by atoms with E-state index in [9.17, 15) is 13.2 Å². The second-order valence-electron chi connectivity index (χ2n) is 4.89. The first kappa shape index (κ1) is 17.6. The minimum Gasteiger partial charge on any atom is -0.330 e. The highest BCUT2D eigenvalue weighted by atomic mass is 32.2. The predicted octanol–water partition coefficient (Wildman–Crippen LogP) is 1.22. The van der Waals surface area contributed by atoms with E-state index in [1.807, 2.05) is 13.8 Å². The SMILES string of the molecule is CCCC(CN)C(=O)Nc1cc(S(=O)(=O)NC)ccc1C. The Morgan fingerprint density at radius 1 is 1.38 bits per heavy atom. The fraction of sp³-hybridized carbons (Fsp3) is 0.500. The Labute approximate surface area is 126 Å². The lowest BCUT2D eigenvalue weighted by Gasteiger charge is -2.16. The fourth-order valence-electron chi connectivity index (χ4n) is 1.96. The lowest BCUT2D eigenvalue weighted by Crippen LogP contribution is -2.29. The maximum absolute atomic E-state index is 12.2. The zero-order chi connectivity index (χ0) is 16.0. The molecule has 118 valence electrons. The third kappa shape index (κ3) is 4.52. The molecular formula is C14H23N3O3S. The van der Waals surface area contributed by atoms with E-state index in [4.69, 9.17) is 5.73 Å². The molecule has 7 heteroatoms. The number of benzene rings is 1. The van der Waals surface area contributed by atoms with Crippen LogP contribution in [0.25, 0.3) is 0 Å². The molecule has 1 amide bonds. The van der Waals surface area contributed by atoms with Gasteiger partial charge < -0.3 is 11.1 Å². The van der Waals surface area contributed by atoms with Crippen LogP contribution in [-0.2, 0) is 14.8 Å². The van der Waals surface area contributed by atoms with Crippen molar-refractivity contribution in [2.24, 2.45) is 11.7 Å². The summed E-state index contributed by atoms with van der Waals surface area (Å²) >= 11 is 0. The van der Waals surface area contributed by atoms with Gasteiger partial charge in [-0.1, -0.05) is 19.4 Å². The second-order valence-corrected chi connectivity index (χ2v) is 6.78. The lowest BCUT2D eigenvalue weighted by atomic mass is 10.0. The third-order valence-corrected chi connectivity index (χ3v) is 4.75. The van der Waals surface area contributed by atoms with Crippen molar-refractivity contribution in [1.29, 1.82) is 0 Å². The summed E-state index contributed by atoms with van der Waals surface area (Å²) < 4.78 is 25.8. The molecule has 1 atom stereocenters. The van der Waals surface area contributed by atoms with Gasteiger partial charge in [0.25, 0.3) is 0 Å². The van der Waals surface area contributed by atoms with Crippen LogP contribution in [0.3, 0.4) is 0 Å². The Morgan fingerprint density at radius 3 is 2.57 bits per heavy atom. The molecule has 0 aliphatic heterocycles. The monoisotopic (exact) mass is 313 g/mol. The Kier molecular flexibility index (Phi) is 6.32. The van der Waals surface area contributed by atoms with Crippen molar-refractivity contribution in [2.75, 3.05) is 18.9 Å². The van der Waals surface area contributed by atoms with E-state index in [1.165, 1.54) is 19.2 Å². The van der Waals surface area contributed by atoms with Crippen LogP contribution in [0, 0.1) is 12.8 Å². The number of amides is 1. The summed E-state index contributed by atoms with van der Waals surface area (Å²) in [5.74, 6) is -0.444. The van der Waals surface area contributed by atoms with E-state index >= 15 is 0 Å². The molecule has 0 fully saturated rings. The van der Waals surface area contributed by atoms with Gasteiger partial charge in [-0.05, 0) is 38.1 Å². The minimum atomic E-state index is -3.54. The number of hydrogen-bond donors (Lipinski definition) is 3. The molecule has 0 aliphatic carbocycles. The summed E-state index contributed by atoms with van der Waals surface area (Å²) in [7, 11) is -2.19. The summed E-state index contributed by atoms with van der Waals surface area (Å²) in [5, 5.41) is 2.77. The van der Waals surface area contributed by atoms with Crippen molar-refractivity contribution in [3.05, 3.63) is 23.8 Å². The number of rotatable bonds is 7. The zero-order valence-electron chi connectivity index (χ0n) is 12.6. The van der Waals surface area contributed by atoms with Gasteiger partial charge in [-0.15, -0.1) is 0 Å². The van der Waals surface area contributed by atoms with E-state index in [1.54, 1.807) is 6.07 Å². The Balaban J connectivity index is 3.03. The summed E-state index contributed by atoms with van der Waals surface area (Å²) in [4.78, 5) is 12.3. The third-order valence-electron chi connectivity index (χ3n) is 3.34. The molecule has 1 unspecified atom stereocenters. The average Bonchev–Trinajstić information content (AvgIpc) is 2.46. The largest absolute Gasteiger partial charge is 0.330 e. The molecular weight excluding hydrogens is 290 g/mol. The lowest BCUT2D eigenvalue weighted by molar-refractivity contribution is -0.119. The van der Waals surface area contributed by atoms with Crippen molar-refractivity contribution >= 4 is 21.6 Å². The number of sulfonamides is 1.